The molecule has 0 spiro atoms. The molecule has 0 saturated carbocycles. The molecular formula is C15H25N3O. The highest BCUT2D eigenvalue weighted by Crippen LogP contribution is 2.22. The topological polar surface area (TPSA) is 41.7 Å². The number of hydrogen-bond donors (Lipinski definition) is 1. The number of methoxy groups -OCH3 is 1. The Labute approximate surface area is 116 Å². The highest BCUT2D eigenvalue weighted by atomic mass is 16.5. The van der Waals surface area contributed by atoms with Gasteiger partial charge < -0.3 is 15.4 Å². The molecule has 1 fully saturated rings. The summed E-state index contributed by atoms with van der Waals surface area (Å²) in [5.74, 6) is 0.840. The van der Waals surface area contributed by atoms with Crippen LogP contribution in [0.1, 0.15) is 18.4 Å². The third-order valence-corrected chi connectivity index (χ3v) is 3.97. The average molecular weight is 263 g/mol. The number of anilines is 1. The van der Waals surface area contributed by atoms with Gasteiger partial charge in [-0.05, 0) is 57.7 Å². The van der Waals surface area contributed by atoms with Gasteiger partial charge in [0.2, 0.25) is 0 Å². The molecule has 4 heteroatoms. The Balaban J connectivity index is 1.98. The molecule has 2 rings (SSSR count). The van der Waals surface area contributed by atoms with Crippen LogP contribution in [0.25, 0.3) is 0 Å². The smallest absolute Gasteiger partial charge is 0.121 e. The van der Waals surface area contributed by atoms with Crippen LogP contribution in [0.5, 0.6) is 5.75 Å². The molecule has 0 bridgehead atoms. The summed E-state index contributed by atoms with van der Waals surface area (Å²) in [5, 5.41) is 0. The zero-order valence-corrected chi connectivity index (χ0v) is 12.2. The third kappa shape index (κ3) is 3.85. The predicted octanol–water partition coefficient (Wildman–Crippen LogP) is 1.80. The van der Waals surface area contributed by atoms with Crippen molar-refractivity contribution in [1.82, 2.24) is 9.80 Å². The molecule has 1 aromatic rings. The fraction of sp³-hybridized carbons (Fsp3) is 0.600. The van der Waals surface area contributed by atoms with E-state index in [-0.39, 0.29) is 0 Å². The fourth-order valence-corrected chi connectivity index (χ4v) is 2.75. The minimum Gasteiger partial charge on any atom is -0.497 e. The van der Waals surface area contributed by atoms with Gasteiger partial charge in [-0.3, -0.25) is 4.90 Å². The van der Waals surface area contributed by atoms with E-state index in [4.69, 9.17) is 10.5 Å². The van der Waals surface area contributed by atoms with Crippen LogP contribution < -0.4 is 10.5 Å². The van der Waals surface area contributed by atoms with Crippen molar-refractivity contribution >= 4 is 5.69 Å². The summed E-state index contributed by atoms with van der Waals surface area (Å²) in [5.41, 5.74) is 7.89. The summed E-state index contributed by atoms with van der Waals surface area (Å²) < 4.78 is 5.27. The van der Waals surface area contributed by atoms with Crippen molar-refractivity contribution in [2.75, 3.05) is 40.0 Å². The first-order valence-corrected chi connectivity index (χ1v) is 6.90. The monoisotopic (exact) mass is 263 g/mol. The van der Waals surface area contributed by atoms with Crippen molar-refractivity contribution in [2.45, 2.75) is 25.4 Å². The van der Waals surface area contributed by atoms with E-state index in [0.717, 1.165) is 18.0 Å². The molecular weight excluding hydrogens is 238 g/mol. The highest BCUT2D eigenvalue weighted by Gasteiger charge is 2.20. The highest BCUT2D eigenvalue weighted by molar-refractivity contribution is 5.47. The normalized spacial score (nSPS) is 17.9. The summed E-state index contributed by atoms with van der Waals surface area (Å²) in [6.45, 7) is 3.31. The first kappa shape index (κ1) is 14.2. The van der Waals surface area contributed by atoms with E-state index in [1.807, 2.05) is 12.1 Å². The van der Waals surface area contributed by atoms with Crippen LogP contribution in [0.3, 0.4) is 0 Å². The molecule has 19 heavy (non-hydrogen) atoms. The van der Waals surface area contributed by atoms with Crippen LogP contribution in [-0.2, 0) is 6.54 Å². The second-order valence-electron chi connectivity index (χ2n) is 5.56. The summed E-state index contributed by atoms with van der Waals surface area (Å²) in [4.78, 5) is 4.83. The molecule has 1 heterocycles. The number of likely N-dealkylation sites (tertiary alicyclic amines) is 1. The van der Waals surface area contributed by atoms with Crippen LogP contribution in [0.4, 0.5) is 5.69 Å². The molecule has 1 aliphatic rings. The van der Waals surface area contributed by atoms with E-state index in [1.54, 1.807) is 7.11 Å². The van der Waals surface area contributed by atoms with Crippen LogP contribution in [-0.4, -0.2) is 50.1 Å². The summed E-state index contributed by atoms with van der Waals surface area (Å²) in [6, 6.07) is 6.64. The van der Waals surface area contributed by atoms with Gasteiger partial charge >= 0.3 is 0 Å². The first-order valence-electron chi connectivity index (χ1n) is 6.90. The van der Waals surface area contributed by atoms with Crippen LogP contribution in [0, 0.1) is 0 Å². The molecule has 0 amide bonds. The van der Waals surface area contributed by atoms with E-state index in [2.05, 4.69) is 30.0 Å². The molecule has 2 N–H and O–H groups in total. The molecule has 106 valence electrons. The second-order valence-corrected chi connectivity index (χ2v) is 5.56. The zero-order valence-electron chi connectivity index (χ0n) is 12.2. The zero-order chi connectivity index (χ0) is 13.8. The predicted molar refractivity (Wildman–Crippen MR) is 79.4 cm³/mol. The maximum Gasteiger partial charge on any atom is 0.121 e. The third-order valence-electron chi connectivity index (χ3n) is 3.97. The molecule has 1 saturated heterocycles. The van der Waals surface area contributed by atoms with E-state index < -0.39 is 0 Å². The summed E-state index contributed by atoms with van der Waals surface area (Å²) in [7, 11) is 6.07. The lowest BCUT2D eigenvalue weighted by molar-refractivity contribution is 0.139. The minimum absolute atomic E-state index is 0.670. The minimum atomic E-state index is 0.670. The van der Waals surface area contributed by atoms with Gasteiger partial charge in [-0.1, -0.05) is 0 Å². The maximum absolute atomic E-state index is 5.90. The van der Waals surface area contributed by atoms with E-state index in [0.29, 0.717) is 6.04 Å². The number of nitrogen functional groups attached to an aromatic ring is 1. The van der Waals surface area contributed by atoms with E-state index in [1.165, 1.54) is 31.5 Å². The van der Waals surface area contributed by atoms with Crippen LogP contribution in [0.15, 0.2) is 18.2 Å². The lowest BCUT2D eigenvalue weighted by Crippen LogP contribution is -2.41. The van der Waals surface area contributed by atoms with E-state index in [9.17, 15) is 0 Å². The van der Waals surface area contributed by atoms with Gasteiger partial charge in [-0.2, -0.15) is 0 Å². The largest absolute Gasteiger partial charge is 0.497 e. The number of hydrogen-bond acceptors (Lipinski definition) is 4. The van der Waals surface area contributed by atoms with Crippen molar-refractivity contribution in [1.29, 1.82) is 0 Å². The lowest BCUT2D eigenvalue weighted by atomic mass is 10.0. The Morgan fingerprint density at radius 1 is 1.32 bits per heavy atom. The van der Waals surface area contributed by atoms with Crippen molar-refractivity contribution < 1.29 is 4.74 Å². The van der Waals surface area contributed by atoms with Gasteiger partial charge in [0, 0.05) is 24.3 Å². The number of benzene rings is 1. The summed E-state index contributed by atoms with van der Waals surface area (Å²) >= 11 is 0. The molecule has 0 aromatic heterocycles. The molecule has 1 aliphatic heterocycles. The van der Waals surface area contributed by atoms with Crippen LogP contribution >= 0.6 is 0 Å². The van der Waals surface area contributed by atoms with E-state index >= 15 is 0 Å². The fourth-order valence-electron chi connectivity index (χ4n) is 2.75. The maximum atomic E-state index is 5.90. The van der Waals surface area contributed by atoms with Crippen molar-refractivity contribution in [3.8, 4) is 5.75 Å². The Morgan fingerprint density at radius 2 is 2.00 bits per heavy atom. The van der Waals surface area contributed by atoms with Crippen molar-refractivity contribution in [3.63, 3.8) is 0 Å². The van der Waals surface area contributed by atoms with Crippen molar-refractivity contribution in [3.05, 3.63) is 23.8 Å². The Kier molecular flexibility index (Phi) is 4.66. The first-order chi connectivity index (χ1) is 9.08. The molecule has 1 aromatic carbocycles. The van der Waals surface area contributed by atoms with Gasteiger partial charge in [0.1, 0.15) is 5.75 Å². The van der Waals surface area contributed by atoms with Gasteiger partial charge in [-0.25, -0.2) is 0 Å². The van der Waals surface area contributed by atoms with Gasteiger partial charge in [0.25, 0.3) is 0 Å². The standard InChI is InChI=1S/C15H25N3O/c1-17-6-4-14(5-7-17)18(2)11-12-8-13(16)10-15(9-12)19-3/h8-10,14H,4-7,11,16H2,1-3H3. The van der Waals surface area contributed by atoms with Gasteiger partial charge in [0.05, 0.1) is 7.11 Å². The van der Waals surface area contributed by atoms with Crippen LogP contribution in [0.2, 0.25) is 0 Å². The Bertz CT molecular complexity index is 414. The number of piperidine rings is 1. The van der Waals surface area contributed by atoms with Crippen molar-refractivity contribution in [2.24, 2.45) is 0 Å². The Hall–Kier alpha value is -1.26. The molecule has 0 atom stereocenters. The number of ether oxygens (including phenoxy) is 1. The van der Waals surface area contributed by atoms with Gasteiger partial charge in [0.15, 0.2) is 0 Å². The SMILES string of the molecule is COc1cc(N)cc(CN(C)C2CCN(C)CC2)c1. The summed E-state index contributed by atoms with van der Waals surface area (Å²) in [6.07, 6.45) is 2.49. The number of nitrogens with zero attached hydrogens (tertiary/aromatic N) is 2. The quantitative estimate of drug-likeness (QED) is 0.841. The lowest BCUT2D eigenvalue weighted by Gasteiger charge is -2.35. The van der Waals surface area contributed by atoms with Gasteiger partial charge in [-0.15, -0.1) is 0 Å². The molecule has 4 nitrogen and oxygen atoms in total. The second kappa shape index (κ2) is 6.26. The Morgan fingerprint density at radius 3 is 2.63 bits per heavy atom. The number of rotatable bonds is 4. The number of nitrogens with two attached hydrogens (primary N) is 1. The average Bonchev–Trinajstić information content (AvgIpc) is 2.38. The molecule has 0 aliphatic carbocycles. The molecule has 0 unspecified atom stereocenters. The molecule has 0 radical (unpaired) electrons.